The molecule has 4 unspecified atom stereocenters. The second-order valence-corrected chi connectivity index (χ2v) is 7.10. The van der Waals surface area contributed by atoms with Crippen molar-refractivity contribution in [2.24, 2.45) is 29.1 Å². The minimum absolute atomic E-state index is 0.427. The van der Waals surface area contributed by atoms with Gasteiger partial charge < -0.3 is 5.11 Å². The first-order chi connectivity index (χ1) is 7.54. The molecule has 2 aliphatic carbocycles. The maximum atomic E-state index is 9.32. The summed E-state index contributed by atoms with van der Waals surface area (Å²) in [5.74, 6) is 3.45. The molecule has 1 N–H and O–H groups in total. The lowest BCUT2D eigenvalue weighted by atomic mass is 9.75. The highest BCUT2D eigenvalue weighted by atomic mass is 16.3. The van der Waals surface area contributed by atoms with Crippen LogP contribution in [0.2, 0.25) is 0 Å². The van der Waals surface area contributed by atoms with Gasteiger partial charge in [-0.25, -0.2) is 0 Å². The maximum Gasteiger partial charge on any atom is 0.0459 e. The summed E-state index contributed by atoms with van der Waals surface area (Å²) in [6, 6.07) is 0. The minimum atomic E-state index is 0.427. The molecule has 2 aliphatic rings. The van der Waals surface area contributed by atoms with Gasteiger partial charge in [-0.15, -0.1) is 0 Å². The van der Waals surface area contributed by atoms with Crippen LogP contribution in [-0.2, 0) is 0 Å². The third-order valence-corrected chi connectivity index (χ3v) is 5.27. The standard InChI is InChI=1S/C15H28O/c1-4-15(2,3)9-14-7-11-5-12(10-16)8-13(14)6-11/h11-14,16H,4-10H2,1-3H3. The molecule has 0 radical (unpaired) electrons. The van der Waals surface area contributed by atoms with E-state index in [1.54, 1.807) is 0 Å². The fourth-order valence-electron chi connectivity index (χ4n) is 4.07. The maximum absolute atomic E-state index is 9.32. The molecule has 0 spiro atoms. The molecule has 0 saturated heterocycles. The molecule has 2 bridgehead atoms. The van der Waals surface area contributed by atoms with Crippen molar-refractivity contribution in [2.45, 2.75) is 59.3 Å². The zero-order chi connectivity index (χ0) is 11.8. The molecule has 1 nitrogen and oxygen atoms in total. The van der Waals surface area contributed by atoms with Gasteiger partial charge in [0.1, 0.15) is 0 Å². The summed E-state index contributed by atoms with van der Waals surface area (Å²) < 4.78 is 0. The van der Waals surface area contributed by atoms with E-state index in [-0.39, 0.29) is 0 Å². The number of hydrogen-bond donors (Lipinski definition) is 1. The molecule has 0 aromatic heterocycles. The van der Waals surface area contributed by atoms with Crippen LogP contribution in [0.1, 0.15) is 59.3 Å². The fourth-order valence-corrected chi connectivity index (χ4v) is 4.07. The molecule has 94 valence electrons. The second-order valence-electron chi connectivity index (χ2n) is 7.10. The Kier molecular flexibility index (Phi) is 3.63. The minimum Gasteiger partial charge on any atom is -0.396 e. The summed E-state index contributed by atoms with van der Waals surface area (Å²) >= 11 is 0. The molecular weight excluding hydrogens is 196 g/mol. The molecule has 16 heavy (non-hydrogen) atoms. The van der Waals surface area contributed by atoms with E-state index in [4.69, 9.17) is 0 Å². The highest BCUT2D eigenvalue weighted by Crippen LogP contribution is 2.51. The summed E-state index contributed by atoms with van der Waals surface area (Å²) in [6.45, 7) is 7.58. The fraction of sp³-hybridized carbons (Fsp3) is 1.00. The van der Waals surface area contributed by atoms with Crippen molar-refractivity contribution in [2.75, 3.05) is 6.61 Å². The van der Waals surface area contributed by atoms with Crippen LogP contribution in [0.25, 0.3) is 0 Å². The lowest BCUT2D eigenvalue weighted by molar-refractivity contribution is 0.141. The van der Waals surface area contributed by atoms with Crippen molar-refractivity contribution >= 4 is 0 Å². The van der Waals surface area contributed by atoms with Gasteiger partial charge in [0.25, 0.3) is 0 Å². The zero-order valence-corrected chi connectivity index (χ0v) is 11.2. The van der Waals surface area contributed by atoms with E-state index in [1.807, 2.05) is 0 Å². The molecule has 2 rings (SSSR count). The van der Waals surface area contributed by atoms with Crippen LogP contribution in [-0.4, -0.2) is 11.7 Å². The monoisotopic (exact) mass is 224 g/mol. The molecule has 0 aliphatic heterocycles. The highest BCUT2D eigenvalue weighted by Gasteiger charge is 2.41. The van der Waals surface area contributed by atoms with Crippen LogP contribution in [0.4, 0.5) is 0 Å². The van der Waals surface area contributed by atoms with Crippen molar-refractivity contribution in [1.29, 1.82) is 0 Å². The molecule has 2 fully saturated rings. The van der Waals surface area contributed by atoms with E-state index in [9.17, 15) is 5.11 Å². The van der Waals surface area contributed by atoms with Crippen molar-refractivity contribution in [3.05, 3.63) is 0 Å². The largest absolute Gasteiger partial charge is 0.396 e. The van der Waals surface area contributed by atoms with Gasteiger partial charge in [0.2, 0.25) is 0 Å². The molecule has 0 aromatic carbocycles. The lowest BCUT2D eigenvalue weighted by Gasteiger charge is -2.31. The number of aliphatic hydroxyl groups is 1. The van der Waals surface area contributed by atoms with Gasteiger partial charge in [-0.2, -0.15) is 0 Å². The molecular formula is C15H28O. The zero-order valence-electron chi connectivity index (χ0n) is 11.2. The van der Waals surface area contributed by atoms with Gasteiger partial charge in [0.15, 0.2) is 0 Å². The predicted molar refractivity (Wildman–Crippen MR) is 68.2 cm³/mol. The van der Waals surface area contributed by atoms with Crippen molar-refractivity contribution in [3.8, 4) is 0 Å². The molecule has 0 heterocycles. The number of hydrogen-bond acceptors (Lipinski definition) is 1. The van der Waals surface area contributed by atoms with E-state index >= 15 is 0 Å². The average molecular weight is 224 g/mol. The van der Waals surface area contributed by atoms with Gasteiger partial charge in [-0.3, -0.25) is 0 Å². The third-order valence-electron chi connectivity index (χ3n) is 5.27. The summed E-state index contributed by atoms with van der Waals surface area (Å²) in [5.41, 5.74) is 0.525. The molecule has 2 saturated carbocycles. The lowest BCUT2D eigenvalue weighted by Crippen LogP contribution is -2.22. The van der Waals surface area contributed by atoms with Crippen LogP contribution in [0.5, 0.6) is 0 Å². The normalized spacial score (nSPS) is 39.0. The first kappa shape index (κ1) is 12.4. The number of fused-ring (bicyclic) bond motifs is 2. The van der Waals surface area contributed by atoms with Crippen LogP contribution < -0.4 is 0 Å². The Balaban J connectivity index is 1.94. The summed E-state index contributed by atoms with van der Waals surface area (Å²) in [7, 11) is 0. The van der Waals surface area contributed by atoms with Crippen molar-refractivity contribution in [1.82, 2.24) is 0 Å². The summed E-state index contributed by atoms with van der Waals surface area (Å²) in [6.07, 6.45) is 8.21. The molecule has 0 aromatic rings. The topological polar surface area (TPSA) is 20.2 Å². The number of aliphatic hydroxyl groups excluding tert-OH is 1. The SMILES string of the molecule is CCC(C)(C)CC1CC2CC(CO)CC1C2. The first-order valence-electron chi connectivity index (χ1n) is 7.15. The Bertz CT molecular complexity index is 234. The van der Waals surface area contributed by atoms with Crippen LogP contribution in [0.3, 0.4) is 0 Å². The Morgan fingerprint density at radius 2 is 1.88 bits per heavy atom. The van der Waals surface area contributed by atoms with Crippen molar-refractivity contribution in [3.63, 3.8) is 0 Å². The van der Waals surface area contributed by atoms with Gasteiger partial charge >= 0.3 is 0 Å². The Labute approximate surface area is 101 Å². The van der Waals surface area contributed by atoms with Gasteiger partial charge in [-0.05, 0) is 61.2 Å². The van der Waals surface area contributed by atoms with E-state index < -0.39 is 0 Å². The van der Waals surface area contributed by atoms with Crippen LogP contribution in [0, 0.1) is 29.1 Å². The molecule has 1 heteroatoms. The predicted octanol–water partition coefficient (Wildman–Crippen LogP) is 3.86. The Morgan fingerprint density at radius 3 is 2.50 bits per heavy atom. The molecule has 0 amide bonds. The van der Waals surface area contributed by atoms with E-state index in [0.29, 0.717) is 17.9 Å². The van der Waals surface area contributed by atoms with Crippen molar-refractivity contribution < 1.29 is 5.11 Å². The first-order valence-corrected chi connectivity index (χ1v) is 7.15. The Morgan fingerprint density at radius 1 is 1.12 bits per heavy atom. The highest BCUT2D eigenvalue weighted by molar-refractivity contribution is 4.92. The van der Waals surface area contributed by atoms with E-state index in [0.717, 1.165) is 17.8 Å². The second kappa shape index (κ2) is 4.68. The molecule has 4 atom stereocenters. The smallest absolute Gasteiger partial charge is 0.0459 e. The summed E-state index contributed by atoms with van der Waals surface area (Å²) in [4.78, 5) is 0. The van der Waals surface area contributed by atoms with Crippen LogP contribution in [0.15, 0.2) is 0 Å². The average Bonchev–Trinajstić information content (AvgIpc) is 2.53. The van der Waals surface area contributed by atoms with Gasteiger partial charge in [0, 0.05) is 6.61 Å². The van der Waals surface area contributed by atoms with Gasteiger partial charge in [0.05, 0.1) is 0 Å². The van der Waals surface area contributed by atoms with Gasteiger partial charge in [-0.1, -0.05) is 27.2 Å². The van der Waals surface area contributed by atoms with E-state index in [2.05, 4.69) is 20.8 Å². The van der Waals surface area contributed by atoms with E-state index in [1.165, 1.54) is 38.5 Å². The quantitative estimate of drug-likeness (QED) is 0.769. The van der Waals surface area contributed by atoms with Crippen LogP contribution >= 0.6 is 0 Å². The third kappa shape index (κ3) is 2.61. The number of rotatable bonds is 4. The Hall–Kier alpha value is -0.0400. The summed E-state index contributed by atoms with van der Waals surface area (Å²) in [5, 5.41) is 9.32.